The van der Waals surface area contributed by atoms with Gasteiger partial charge in [-0.2, -0.15) is 0 Å². The number of rotatable bonds is 6. The summed E-state index contributed by atoms with van der Waals surface area (Å²) in [6.07, 6.45) is 6.12. The number of thiazole rings is 1. The number of aromatic nitrogens is 2. The van der Waals surface area contributed by atoms with E-state index in [1.807, 2.05) is 36.7 Å². The SMILES string of the molecule is CCN1CCC(c2ncc(-c3cnc(N)c(OCc4cccc(C#CC(C)(C)C)c4)c3)s2)CC1. The molecule has 1 aliphatic heterocycles. The molecule has 0 bridgehead atoms. The van der Waals surface area contributed by atoms with Crippen LogP contribution in [0.5, 0.6) is 5.75 Å². The van der Waals surface area contributed by atoms with E-state index in [2.05, 4.69) is 55.5 Å². The largest absolute Gasteiger partial charge is 0.485 e. The lowest BCUT2D eigenvalue weighted by Crippen LogP contribution is -2.32. The highest BCUT2D eigenvalue weighted by Gasteiger charge is 2.22. The van der Waals surface area contributed by atoms with Gasteiger partial charge in [0.2, 0.25) is 0 Å². The standard InChI is InChI=1S/C28H34N4OS/c1-5-32-13-10-22(11-14-32)27-31-18-25(34-27)23-16-24(26(29)30-17-23)33-19-21-8-6-7-20(15-21)9-12-28(2,3)4/h6-8,15-18,22H,5,10-11,13-14,19H2,1-4H3,(H2,29,30). The third-order valence-electron chi connectivity index (χ3n) is 5.98. The Labute approximate surface area is 207 Å². The molecule has 0 aliphatic carbocycles. The highest BCUT2D eigenvalue weighted by Crippen LogP contribution is 2.36. The Balaban J connectivity index is 1.44. The normalized spacial score (nSPS) is 15.1. The first-order valence-corrected chi connectivity index (χ1v) is 12.8. The smallest absolute Gasteiger partial charge is 0.166 e. The van der Waals surface area contributed by atoms with Crippen molar-refractivity contribution in [1.82, 2.24) is 14.9 Å². The van der Waals surface area contributed by atoms with E-state index in [0.717, 1.165) is 41.2 Å². The van der Waals surface area contributed by atoms with Gasteiger partial charge in [0.1, 0.15) is 6.61 Å². The van der Waals surface area contributed by atoms with Gasteiger partial charge in [0.25, 0.3) is 0 Å². The first-order valence-electron chi connectivity index (χ1n) is 12.0. The fraction of sp³-hybridized carbons (Fsp3) is 0.429. The second kappa shape index (κ2) is 10.6. The lowest BCUT2D eigenvalue weighted by molar-refractivity contribution is 0.222. The number of hydrogen-bond acceptors (Lipinski definition) is 6. The number of ether oxygens (including phenoxy) is 1. The van der Waals surface area contributed by atoms with Crippen LogP contribution in [0.2, 0.25) is 0 Å². The number of anilines is 1. The molecule has 0 amide bonds. The van der Waals surface area contributed by atoms with Crippen LogP contribution in [0.1, 0.15) is 62.6 Å². The van der Waals surface area contributed by atoms with Crippen molar-refractivity contribution in [2.45, 2.75) is 53.1 Å². The van der Waals surface area contributed by atoms with Crippen molar-refractivity contribution in [2.75, 3.05) is 25.4 Å². The monoisotopic (exact) mass is 474 g/mol. The molecule has 2 N–H and O–H groups in total. The van der Waals surface area contributed by atoms with Crippen LogP contribution in [0.25, 0.3) is 10.4 Å². The number of piperidine rings is 1. The Morgan fingerprint density at radius 3 is 2.68 bits per heavy atom. The molecule has 1 fully saturated rings. The maximum Gasteiger partial charge on any atom is 0.166 e. The van der Waals surface area contributed by atoms with Crippen LogP contribution in [0.15, 0.2) is 42.7 Å². The van der Waals surface area contributed by atoms with Gasteiger partial charge in [-0.05, 0) is 77.0 Å². The van der Waals surface area contributed by atoms with Crippen LogP contribution in [0.4, 0.5) is 5.82 Å². The van der Waals surface area contributed by atoms with Crippen molar-refractivity contribution in [2.24, 2.45) is 5.41 Å². The van der Waals surface area contributed by atoms with Gasteiger partial charge < -0.3 is 15.4 Å². The van der Waals surface area contributed by atoms with E-state index in [1.165, 1.54) is 17.8 Å². The minimum absolute atomic E-state index is 0.0313. The number of nitrogen functional groups attached to an aromatic ring is 1. The summed E-state index contributed by atoms with van der Waals surface area (Å²) in [6, 6.07) is 10.1. The predicted molar refractivity (Wildman–Crippen MR) is 141 cm³/mol. The first-order chi connectivity index (χ1) is 16.3. The molecule has 1 saturated heterocycles. The average molecular weight is 475 g/mol. The molecular formula is C28H34N4OS. The molecule has 4 rings (SSSR count). The van der Waals surface area contributed by atoms with Gasteiger partial charge in [-0.25, -0.2) is 9.97 Å². The van der Waals surface area contributed by atoms with E-state index < -0.39 is 0 Å². The lowest BCUT2D eigenvalue weighted by Gasteiger charge is -2.29. The van der Waals surface area contributed by atoms with Gasteiger partial charge in [-0.15, -0.1) is 11.3 Å². The summed E-state index contributed by atoms with van der Waals surface area (Å²) in [7, 11) is 0. The summed E-state index contributed by atoms with van der Waals surface area (Å²) in [4.78, 5) is 12.7. The number of nitrogens with two attached hydrogens (primary N) is 1. The van der Waals surface area contributed by atoms with E-state index in [-0.39, 0.29) is 5.41 Å². The fourth-order valence-corrected chi connectivity index (χ4v) is 5.04. The number of benzene rings is 1. The predicted octanol–water partition coefficient (Wildman–Crippen LogP) is 5.96. The Morgan fingerprint density at radius 1 is 1.15 bits per heavy atom. The van der Waals surface area contributed by atoms with E-state index >= 15 is 0 Å². The maximum absolute atomic E-state index is 6.13. The average Bonchev–Trinajstić information content (AvgIpc) is 3.32. The molecule has 0 atom stereocenters. The van der Waals surface area contributed by atoms with E-state index in [1.54, 1.807) is 11.3 Å². The fourth-order valence-electron chi connectivity index (χ4n) is 3.97. The summed E-state index contributed by atoms with van der Waals surface area (Å²) in [5.41, 5.74) is 9.12. The Bertz CT molecular complexity index is 1180. The summed E-state index contributed by atoms with van der Waals surface area (Å²) in [5, 5.41) is 1.22. The van der Waals surface area contributed by atoms with Crippen LogP contribution in [-0.2, 0) is 6.61 Å². The molecular weight excluding hydrogens is 440 g/mol. The molecule has 0 radical (unpaired) electrons. The number of hydrogen-bond donors (Lipinski definition) is 1. The van der Waals surface area contributed by atoms with Crippen molar-refractivity contribution < 1.29 is 4.74 Å². The second-order valence-corrected chi connectivity index (χ2v) is 10.9. The molecule has 34 heavy (non-hydrogen) atoms. The maximum atomic E-state index is 6.13. The van der Waals surface area contributed by atoms with Crippen molar-refractivity contribution in [1.29, 1.82) is 0 Å². The molecule has 0 saturated carbocycles. The summed E-state index contributed by atoms with van der Waals surface area (Å²) in [6.45, 7) is 12.4. The molecule has 5 nitrogen and oxygen atoms in total. The lowest BCUT2D eigenvalue weighted by atomic mass is 9.97. The van der Waals surface area contributed by atoms with Gasteiger partial charge in [-0.1, -0.05) is 30.9 Å². The molecule has 0 spiro atoms. The number of nitrogens with zero attached hydrogens (tertiary/aromatic N) is 3. The summed E-state index contributed by atoms with van der Waals surface area (Å²) < 4.78 is 6.08. The van der Waals surface area contributed by atoms with Gasteiger partial charge in [0.05, 0.1) is 9.88 Å². The molecule has 178 valence electrons. The van der Waals surface area contributed by atoms with E-state index in [4.69, 9.17) is 15.5 Å². The van der Waals surface area contributed by atoms with Gasteiger partial charge in [0, 0.05) is 34.9 Å². The van der Waals surface area contributed by atoms with E-state index in [0.29, 0.717) is 24.1 Å². The highest BCUT2D eigenvalue weighted by atomic mass is 32.1. The first kappa shape index (κ1) is 24.3. The molecule has 3 aromatic rings. The molecule has 0 unspecified atom stereocenters. The number of pyridine rings is 1. The van der Waals surface area contributed by atoms with Crippen LogP contribution in [-0.4, -0.2) is 34.5 Å². The second-order valence-electron chi connectivity index (χ2n) is 9.87. The van der Waals surface area contributed by atoms with Gasteiger partial charge in [-0.3, -0.25) is 0 Å². The summed E-state index contributed by atoms with van der Waals surface area (Å²) in [5.74, 6) is 8.06. The third kappa shape index (κ3) is 6.37. The quantitative estimate of drug-likeness (QED) is 0.446. The minimum Gasteiger partial charge on any atom is -0.485 e. The summed E-state index contributed by atoms with van der Waals surface area (Å²) >= 11 is 1.76. The van der Waals surface area contributed by atoms with Crippen LogP contribution in [0, 0.1) is 17.3 Å². The molecule has 1 aromatic carbocycles. The van der Waals surface area contributed by atoms with Crippen molar-refractivity contribution >= 4 is 17.2 Å². The van der Waals surface area contributed by atoms with Crippen molar-refractivity contribution in [3.05, 3.63) is 58.9 Å². The van der Waals surface area contributed by atoms with Crippen LogP contribution in [0.3, 0.4) is 0 Å². The molecule has 3 heterocycles. The van der Waals surface area contributed by atoms with Gasteiger partial charge in [0.15, 0.2) is 11.6 Å². The highest BCUT2D eigenvalue weighted by molar-refractivity contribution is 7.15. The van der Waals surface area contributed by atoms with Crippen LogP contribution >= 0.6 is 11.3 Å². The molecule has 6 heteroatoms. The Hall–Kier alpha value is -2.88. The molecule has 1 aliphatic rings. The van der Waals surface area contributed by atoms with Crippen molar-refractivity contribution in [3.63, 3.8) is 0 Å². The van der Waals surface area contributed by atoms with Crippen molar-refractivity contribution in [3.8, 4) is 28.0 Å². The Morgan fingerprint density at radius 2 is 1.94 bits per heavy atom. The zero-order valence-corrected chi connectivity index (χ0v) is 21.4. The minimum atomic E-state index is -0.0313. The van der Waals surface area contributed by atoms with Crippen LogP contribution < -0.4 is 10.5 Å². The van der Waals surface area contributed by atoms with Gasteiger partial charge >= 0.3 is 0 Å². The zero-order valence-electron chi connectivity index (χ0n) is 20.6. The Kier molecular flexibility index (Phi) is 7.55. The molecule has 2 aromatic heterocycles. The number of likely N-dealkylation sites (tertiary alicyclic amines) is 1. The zero-order chi connectivity index (χ0) is 24.1. The van der Waals surface area contributed by atoms with E-state index in [9.17, 15) is 0 Å². The third-order valence-corrected chi connectivity index (χ3v) is 7.19. The topological polar surface area (TPSA) is 64.3 Å².